The van der Waals surface area contributed by atoms with Crippen molar-refractivity contribution >= 4 is 17.5 Å². The van der Waals surface area contributed by atoms with Gasteiger partial charge in [0, 0.05) is 18.8 Å². The number of alkyl halides is 3. The molecule has 1 fully saturated rings. The Morgan fingerprint density at radius 1 is 1.21 bits per heavy atom. The molecular formula is C19H22F3N5O2. The molecule has 0 radical (unpaired) electrons. The molecule has 0 amide bonds. The summed E-state index contributed by atoms with van der Waals surface area (Å²) in [7, 11) is 0. The number of ether oxygens (including phenoxy) is 1. The molecule has 3 atom stereocenters. The molecule has 1 saturated heterocycles. The highest BCUT2D eigenvalue weighted by atomic mass is 19.4. The van der Waals surface area contributed by atoms with Gasteiger partial charge >= 0.3 is 6.18 Å². The molecule has 0 aliphatic carbocycles. The minimum absolute atomic E-state index is 0.0139. The van der Waals surface area contributed by atoms with Gasteiger partial charge in [0.2, 0.25) is 5.95 Å². The third-order valence-corrected chi connectivity index (χ3v) is 5.36. The van der Waals surface area contributed by atoms with Gasteiger partial charge in [-0.05, 0) is 32.4 Å². The molecule has 2 aliphatic rings. The standard InChI is InChI=1S/C19H22F3N5O2/c1-12-10-29-11-13(2)26(12)16-8-17(28)25-7-5-15(19(20,21)22)27(18(25)24-16)14-4-3-6-23-9-14/h3-4,6,8-9,12-13,15H,5,7,10-11H2,1-2H3/t12-,13-,15+/m1/s1. The molecule has 2 aromatic rings. The molecule has 0 unspecified atom stereocenters. The number of anilines is 3. The van der Waals surface area contributed by atoms with Gasteiger partial charge in [-0.15, -0.1) is 0 Å². The first-order chi connectivity index (χ1) is 13.8. The minimum Gasteiger partial charge on any atom is -0.377 e. The lowest BCUT2D eigenvalue weighted by molar-refractivity contribution is -0.150. The number of hydrogen-bond acceptors (Lipinski definition) is 6. The van der Waals surface area contributed by atoms with Crippen LogP contribution in [-0.2, 0) is 11.3 Å². The average molecular weight is 409 g/mol. The van der Waals surface area contributed by atoms with Crippen LogP contribution in [0.4, 0.5) is 30.6 Å². The molecule has 0 saturated carbocycles. The molecule has 2 aliphatic heterocycles. The van der Waals surface area contributed by atoms with Crippen molar-refractivity contribution < 1.29 is 17.9 Å². The number of fused-ring (bicyclic) bond motifs is 1. The molecule has 0 aromatic carbocycles. The van der Waals surface area contributed by atoms with E-state index < -0.39 is 12.2 Å². The van der Waals surface area contributed by atoms with E-state index in [0.29, 0.717) is 19.0 Å². The normalized spacial score (nSPS) is 25.1. The first-order valence-corrected chi connectivity index (χ1v) is 9.51. The van der Waals surface area contributed by atoms with Crippen LogP contribution in [0.2, 0.25) is 0 Å². The Morgan fingerprint density at radius 2 is 1.93 bits per heavy atom. The third-order valence-electron chi connectivity index (χ3n) is 5.36. The summed E-state index contributed by atoms with van der Waals surface area (Å²) in [4.78, 5) is 24.3. The molecular weight excluding hydrogens is 387 g/mol. The van der Waals surface area contributed by atoms with Crippen LogP contribution >= 0.6 is 0 Å². The zero-order valence-corrected chi connectivity index (χ0v) is 16.1. The molecule has 4 rings (SSSR count). The van der Waals surface area contributed by atoms with Crippen LogP contribution in [0.1, 0.15) is 20.3 Å². The number of nitrogens with zero attached hydrogens (tertiary/aromatic N) is 5. The third kappa shape index (κ3) is 3.57. The van der Waals surface area contributed by atoms with Gasteiger partial charge in [-0.2, -0.15) is 18.2 Å². The van der Waals surface area contributed by atoms with E-state index in [1.165, 1.54) is 23.0 Å². The molecule has 7 nitrogen and oxygen atoms in total. The van der Waals surface area contributed by atoms with Crippen LogP contribution in [-0.4, -0.2) is 52.1 Å². The van der Waals surface area contributed by atoms with Crippen LogP contribution in [0.15, 0.2) is 35.4 Å². The largest absolute Gasteiger partial charge is 0.409 e. The maximum atomic E-state index is 13.8. The van der Waals surface area contributed by atoms with Crippen molar-refractivity contribution in [3.8, 4) is 0 Å². The Bertz CT molecular complexity index is 924. The Morgan fingerprint density at radius 3 is 2.55 bits per heavy atom. The van der Waals surface area contributed by atoms with Crippen molar-refractivity contribution in [1.82, 2.24) is 14.5 Å². The summed E-state index contributed by atoms with van der Waals surface area (Å²) < 4.78 is 48.4. The molecule has 10 heteroatoms. The molecule has 0 bridgehead atoms. The van der Waals surface area contributed by atoms with Gasteiger partial charge in [-0.25, -0.2) is 0 Å². The zero-order chi connectivity index (χ0) is 20.8. The van der Waals surface area contributed by atoms with E-state index in [2.05, 4.69) is 9.97 Å². The van der Waals surface area contributed by atoms with Crippen LogP contribution in [0.3, 0.4) is 0 Å². The minimum atomic E-state index is -4.48. The van der Waals surface area contributed by atoms with Gasteiger partial charge in [0.1, 0.15) is 11.9 Å². The Labute approximate surface area is 165 Å². The summed E-state index contributed by atoms with van der Waals surface area (Å²) in [5.41, 5.74) is -0.124. The van der Waals surface area contributed by atoms with Crippen molar-refractivity contribution in [3.63, 3.8) is 0 Å². The van der Waals surface area contributed by atoms with E-state index in [1.54, 1.807) is 12.1 Å². The molecule has 4 heterocycles. The van der Waals surface area contributed by atoms with Crippen LogP contribution in [0.5, 0.6) is 0 Å². The number of rotatable bonds is 2. The summed E-state index contributed by atoms with van der Waals surface area (Å²) >= 11 is 0. The Kier molecular flexibility index (Phi) is 4.97. The second-order valence-corrected chi connectivity index (χ2v) is 7.47. The van der Waals surface area contributed by atoms with Crippen LogP contribution in [0, 0.1) is 0 Å². The van der Waals surface area contributed by atoms with Crippen molar-refractivity contribution in [1.29, 1.82) is 0 Å². The number of halogens is 3. The number of aromatic nitrogens is 3. The quantitative estimate of drug-likeness (QED) is 0.760. The fourth-order valence-corrected chi connectivity index (χ4v) is 4.09. The highest BCUT2D eigenvalue weighted by Crippen LogP contribution is 2.39. The SMILES string of the molecule is C[C@@H]1COC[C@@H](C)N1c1cc(=O)n2c(n1)N(c1cccnc1)[C@H](C(F)(F)F)CC2. The van der Waals surface area contributed by atoms with E-state index in [4.69, 9.17) is 4.74 Å². The molecule has 156 valence electrons. The monoisotopic (exact) mass is 409 g/mol. The highest BCUT2D eigenvalue weighted by molar-refractivity contribution is 5.61. The van der Waals surface area contributed by atoms with Gasteiger partial charge in [0.05, 0.1) is 37.2 Å². The van der Waals surface area contributed by atoms with Crippen molar-refractivity contribution in [2.75, 3.05) is 23.0 Å². The molecule has 2 aromatic heterocycles. The second-order valence-electron chi connectivity index (χ2n) is 7.47. The first-order valence-electron chi connectivity index (χ1n) is 9.51. The maximum Gasteiger partial charge on any atom is 0.409 e. The smallest absolute Gasteiger partial charge is 0.377 e. The average Bonchev–Trinajstić information content (AvgIpc) is 2.67. The number of pyridine rings is 1. The fourth-order valence-electron chi connectivity index (χ4n) is 4.09. The lowest BCUT2D eigenvalue weighted by Gasteiger charge is -2.42. The van der Waals surface area contributed by atoms with Gasteiger partial charge < -0.3 is 9.64 Å². The maximum absolute atomic E-state index is 13.8. The summed E-state index contributed by atoms with van der Waals surface area (Å²) in [5, 5.41) is 0. The van der Waals surface area contributed by atoms with E-state index in [0.717, 1.165) is 4.90 Å². The topological polar surface area (TPSA) is 63.5 Å². The second kappa shape index (κ2) is 7.33. The van der Waals surface area contributed by atoms with E-state index >= 15 is 0 Å². The summed E-state index contributed by atoms with van der Waals surface area (Å²) in [6.45, 7) is 4.75. The zero-order valence-electron chi connectivity index (χ0n) is 16.1. The number of morpholine rings is 1. The van der Waals surface area contributed by atoms with Crippen LogP contribution in [0.25, 0.3) is 0 Å². The summed E-state index contributed by atoms with van der Waals surface area (Å²) in [5.74, 6) is 0.348. The predicted octanol–water partition coefficient (Wildman–Crippen LogP) is 2.72. The van der Waals surface area contributed by atoms with Gasteiger partial charge in [0.25, 0.3) is 5.56 Å². The van der Waals surface area contributed by atoms with E-state index in [9.17, 15) is 18.0 Å². The molecule has 0 spiro atoms. The van der Waals surface area contributed by atoms with Gasteiger partial charge in [0.15, 0.2) is 0 Å². The van der Waals surface area contributed by atoms with E-state index in [-0.39, 0.29) is 42.2 Å². The van der Waals surface area contributed by atoms with Gasteiger partial charge in [-0.1, -0.05) is 0 Å². The lowest BCUT2D eigenvalue weighted by atomic mass is 10.1. The van der Waals surface area contributed by atoms with Crippen molar-refractivity contribution in [2.24, 2.45) is 0 Å². The highest BCUT2D eigenvalue weighted by Gasteiger charge is 2.47. The Balaban J connectivity index is 1.87. The molecule has 29 heavy (non-hydrogen) atoms. The van der Waals surface area contributed by atoms with Crippen molar-refractivity contribution in [3.05, 3.63) is 40.9 Å². The predicted molar refractivity (Wildman–Crippen MR) is 102 cm³/mol. The summed E-state index contributed by atoms with van der Waals surface area (Å²) in [6.07, 6.45) is -1.87. The van der Waals surface area contributed by atoms with Crippen LogP contribution < -0.4 is 15.4 Å². The Hall–Kier alpha value is -2.62. The first kappa shape index (κ1) is 19.7. The lowest BCUT2D eigenvalue weighted by Crippen LogP contribution is -2.52. The van der Waals surface area contributed by atoms with E-state index in [1.807, 2.05) is 18.7 Å². The van der Waals surface area contributed by atoms with Crippen molar-refractivity contribution in [2.45, 2.75) is 51.1 Å². The van der Waals surface area contributed by atoms with Gasteiger partial charge in [-0.3, -0.25) is 19.2 Å². The fraction of sp³-hybridized carbons (Fsp3) is 0.526. The summed E-state index contributed by atoms with van der Waals surface area (Å²) in [6, 6.07) is 2.62. The molecule has 0 N–H and O–H groups in total. The number of hydrogen-bond donors (Lipinski definition) is 0.